The number of methoxy groups -OCH3 is 2. The van der Waals surface area contributed by atoms with Crippen LogP contribution in [0, 0.1) is 17.8 Å². The number of hydrogen-bond donors (Lipinski definition) is 7. The quantitative estimate of drug-likeness (QED) is 0.104. The minimum absolute atomic E-state index is 0.000386. The van der Waals surface area contributed by atoms with Gasteiger partial charge < -0.3 is 68.9 Å². The Morgan fingerprint density at radius 1 is 0.683 bits per heavy atom. The first-order valence-electron chi connectivity index (χ1n) is 13.9. The molecule has 0 saturated carbocycles. The van der Waals surface area contributed by atoms with Gasteiger partial charge in [0.1, 0.15) is 24.4 Å². The number of carbonyl (C=O) groups is 1. The fraction of sp³-hybridized carbons (Fsp3) is 0.962. The molecule has 3 aliphatic heterocycles. The van der Waals surface area contributed by atoms with Gasteiger partial charge in [-0.05, 0) is 13.3 Å². The fourth-order valence-corrected chi connectivity index (χ4v) is 5.84. The van der Waals surface area contributed by atoms with E-state index < -0.39 is 85.5 Å². The number of aliphatic hydroxyl groups excluding tert-OH is 6. The summed E-state index contributed by atoms with van der Waals surface area (Å²) < 4.78 is 38.3. The molecule has 15 heteroatoms. The summed E-state index contributed by atoms with van der Waals surface area (Å²) in [6.07, 6.45) is -11.0. The molecule has 14 atom stereocenters. The van der Waals surface area contributed by atoms with Crippen LogP contribution in [0.2, 0.25) is 0 Å². The standard InChI is InChI=1S/C26H46O15/c1-12-4-13(6-35-2)20(28)18(39-12)10-37-7-14-21(29)16(5-27)40-19(22(14)30)11-38-8-15-23(31)17(9-36-3)41-25(24(15)32)26(33)34/h12-25,27-32H,4-11H2,1-3H3,(H,33,34)/t12?,13-,14+,15-,16?,17+,18+,19+,20?,21-,22?,23?,24-,25?/m1/s1. The lowest BCUT2D eigenvalue weighted by atomic mass is 9.86. The molecular weight excluding hydrogens is 552 g/mol. The van der Waals surface area contributed by atoms with Crippen molar-refractivity contribution in [2.24, 2.45) is 17.8 Å². The smallest absolute Gasteiger partial charge is 0.335 e. The van der Waals surface area contributed by atoms with Crippen LogP contribution < -0.4 is 0 Å². The van der Waals surface area contributed by atoms with Crippen molar-refractivity contribution in [1.29, 1.82) is 0 Å². The molecule has 41 heavy (non-hydrogen) atoms. The fourth-order valence-electron chi connectivity index (χ4n) is 5.84. The van der Waals surface area contributed by atoms with Gasteiger partial charge in [0, 0.05) is 32.0 Å². The molecule has 3 saturated heterocycles. The maximum atomic E-state index is 11.5. The average Bonchev–Trinajstić information content (AvgIpc) is 2.93. The molecule has 0 aromatic rings. The van der Waals surface area contributed by atoms with Gasteiger partial charge in [-0.25, -0.2) is 4.79 Å². The van der Waals surface area contributed by atoms with Crippen LogP contribution >= 0.6 is 0 Å². The van der Waals surface area contributed by atoms with Crippen molar-refractivity contribution in [2.45, 2.75) is 80.5 Å². The molecule has 0 radical (unpaired) electrons. The van der Waals surface area contributed by atoms with E-state index >= 15 is 0 Å². The highest BCUT2D eigenvalue weighted by Gasteiger charge is 2.48. The molecule has 0 amide bonds. The van der Waals surface area contributed by atoms with Gasteiger partial charge in [-0.15, -0.1) is 0 Å². The van der Waals surface area contributed by atoms with Crippen molar-refractivity contribution in [2.75, 3.05) is 60.5 Å². The summed E-state index contributed by atoms with van der Waals surface area (Å²) in [5.74, 6) is -3.46. The summed E-state index contributed by atoms with van der Waals surface area (Å²) in [6, 6.07) is 0. The third-order valence-electron chi connectivity index (χ3n) is 8.10. The van der Waals surface area contributed by atoms with Gasteiger partial charge in [-0.2, -0.15) is 0 Å². The molecular formula is C26H46O15. The van der Waals surface area contributed by atoms with Crippen molar-refractivity contribution in [3.63, 3.8) is 0 Å². The minimum Gasteiger partial charge on any atom is -0.479 e. The first-order chi connectivity index (χ1) is 19.5. The monoisotopic (exact) mass is 598 g/mol. The predicted molar refractivity (Wildman–Crippen MR) is 137 cm³/mol. The summed E-state index contributed by atoms with van der Waals surface area (Å²) in [7, 11) is 2.92. The Kier molecular flexibility index (Phi) is 13.6. The minimum atomic E-state index is -1.60. The van der Waals surface area contributed by atoms with Crippen molar-refractivity contribution < 1.29 is 73.7 Å². The van der Waals surface area contributed by atoms with Crippen molar-refractivity contribution >= 4 is 5.97 Å². The molecule has 0 aliphatic carbocycles. The number of aliphatic hydroxyl groups is 6. The number of ether oxygens (including phenoxy) is 7. The van der Waals surface area contributed by atoms with E-state index in [4.69, 9.17) is 33.2 Å². The Morgan fingerprint density at radius 2 is 1.20 bits per heavy atom. The Labute approximate surface area is 238 Å². The summed E-state index contributed by atoms with van der Waals surface area (Å²) in [6.45, 7) is 0.920. The second-order valence-corrected chi connectivity index (χ2v) is 11.1. The zero-order valence-corrected chi connectivity index (χ0v) is 23.6. The summed E-state index contributed by atoms with van der Waals surface area (Å²) in [4.78, 5) is 11.5. The highest BCUT2D eigenvalue weighted by molar-refractivity contribution is 5.73. The lowest BCUT2D eigenvalue weighted by Crippen LogP contribution is -2.60. The Bertz CT molecular complexity index is 788. The van der Waals surface area contributed by atoms with Crippen LogP contribution in [0.25, 0.3) is 0 Å². The number of carboxylic acid groups (broad SMARTS) is 1. The first kappa shape index (κ1) is 34.4. The van der Waals surface area contributed by atoms with E-state index in [0.717, 1.165) is 0 Å². The van der Waals surface area contributed by atoms with E-state index in [1.54, 1.807) is 7.11 Å². The highest BCUT2D eigenvalue weighted by atomic mass is 16.6. The molecule has 7 N–H and O–H groups in total. The van der Waals surface area contributed by atoms with Gasteiger partial charge in [0.15, 0.2) is 6.10 Å². The second kappa shape index (κ2) is 16.1. The van der Waals surface area contributed by atoms with E-state index in [2.05, 4.69) is 0 Å². The van der Waals surface area contributed by atoms with E-state index in [1.165, 1.54) is 7.11 Å². The van der Waals surface area contributed by atoms with Crippen LogP contribution in [0.5, 0.6) is 0 Å². The lowest BCUT2D eigenvalue weighted by Gasteiger charge is -2.43. The summed E-state index contributed by atoms with van der Waals surface area (Å²) >= 11 is 0. The molecule has 240 valence electrons. The van der Waals surface area contributed by atoms with Gasteiger partial charge in [-0.1, -0.05) is 0 Å². The van der Waals surface area contributed by atoms with Gasteiger partial charge in [0.25, 0.3) is 0 Å². The van der Waals surface area contributed by atoms with Crippen LogP contribution in [-0.2, 0) is 38.0 Å². The Morgan fingerprint density at radius 3 is 1.73 bits per heavy atom. The molecule has 3 aliphatic rings. The van der Waals surface area contributed by atoms with Gasteiger partial charge in [0.2, 0.25) is 0 Å². The molecule has 0 bridgehead atoms. The van der Waals surface area contributed by atoms with E-state index in [1.807, 2.05) is 6.92 Å². The maximum Gasteiger partial charge on any atom is 0.335 e. The maximum absolute atomic E-state index is 11.5. The topological polar surface area (TPSA) is 223 Å². The number of rotatable bonds is 14. The average molecular weight is 599 g/mol. The lowest BCUT2D eigenvalue weighted by molar-refractivity contribution is -0.242. The normalized spacial score (nSPS) is 43.6. The SMILES string of the molecule is COC[C@H]1CC(C)O[C@@H](COC[C@@H]2C(O)[C@H](COC[C@@H]3C(O)[C@H](COC)OC(C(=O)O)[C@@H]3O)OC(CO)[C@@H]2O)C1O. The molecule has 3 rings (SSSR count). The molecule has 0 aromatic carbocycles. The van der Waals surface area contributed by atoms with Crippen LogP contribution in [0.15, 0.2) is 0 Å². The number of hydrogen-bond acceptors (Lipinski definition) is 14. The second-order valence-electron chi connectivity index (χ2n) is 11.1. The zero-order chi connectivity index (χ0) is 30.3. The predicted octanol–water partition coefficient (Wildman–Crippen LogP) is -3.25. The van der Waals surface area contributed by atoms with Gasteiger partial charge >= 0.3 is 5.97 Å². The first-order valence-corrected chi connectivity index (χ1v) is 13.9. The molecule has 6 unspecified atom stereocenters. The van der Waals surface area contributed by atoms with Crippen LogP contribution in [0.1, 0.15) is 13.3 Å². The molecule has 0 aromatic heterocycles. The van der Waals surface area contributed by atoms with Gasteiger partial charge in [-0.3, -0.25) is 0 Å². The molecule has 3 heterocycles. The number of carboxylic acids is 1. The molecule has 0 spiro atoms. The van der Waals surface area contributed by atoms with Crippen molar-refractivity contribution in [3.8, 4) is 0 Å². The van der Waals surface area contributed by atoms with Crippen molar-refractivity contribution in [1.82, 2.24) is 0 Å². The Balaban J connectivity index is 1.57. The van der Waals surface area contributed by atoms with Crippen LogP contribution in [0.3, 0.4) is 0 Å². The van der Waals surface area contributed by atoms with Crippen molar-refractivity contribution in [3.05, 3.63) is 0 Å². The molecule has 3 fully saturated rings. The summed E-state index contributed by atoms with van der Waals surface area (Å²) in [5.41, 5.74) is 0. The third kappa shape index (κ3) is 8.53. The van der Waals surface area contributed by atoms with E-state index in [-0.39, 0.29) is 45.1 Å². The highest BCUT2D eigenvalue weighted by Crippen LogP contribution is 2.31. The Hall–Kier alpha value is -1.05. The van der Waals surface area contributed by atoms with Crippen LogP contribution in [-0.4, -0.2) is 169 Å². The van der Waals surface area contributed by atoms with Crippen LogP contribution in [0.4, 0.5) is 0 Å². The third-order valence-corrected chi connectivity index (χ3v) is 8.10. The largest absolute Gasteiger partial charge is 0.479 e. The zero-order valence-electron chi connectivity index (χ0n) is 23.6. The van der Waals surface area contributed by atoms with Gasteiger partial charge in [0.05, 0.1) is 82.9 Å². The summed E-state index contributed by atoms with van der Waals surface area (Å²) in [5, 5.41) is 72.6. The molecule has 15 nitrogen and oxygen atoms in total. The number of aliphatic carboxylic acids is 1. The van der Waals surface area contributed by atoms with E-state index in [9.17, 15) is 40.5 Å². The van der Waals surface area contributed by atoms with E-state index in [0.29, 0.717) is 13.0 Å².